The maximum absolute atomic E-state index is 13.1. The highest BCUT2D eigenvalue weighted by Crippen LogP contribution is 2.70. The van der Waals surface area contributed by atoms with Gasteiger partial charge in [0.05, 0.1) is 11.5 Å². The summed E-state index contributed by atoms with van der Waals surface area (Å²) in [5.74, 6) is -2.02. The second-order valence-electron chi connectivity index (χ2n) is 9.76. The number of carbonyl (C=O) groups is 3. The van der Waals surface area contributed by atoms with Gasteiger partial charge in [0, 0.05) is 18.3 Å². The number of hydrogen-bond donors (Lipinski definition) is 2. The van der Waals surface area contributed by atoms with E-state index in [4.69, 9.17) is 0 Å². The molecule has 1 saturated carbocycles. The number of carbonyl (C=O) groups excluding carboxylic acids is 2. The fraction of sp³-hybridized carbons (Fsp3) is 0.609. The van der Waals surface area contributed by atoms with E-state index in [1.165, 1.54) is 6.08 Å². The summed E-state index contributed by atoms with van der Waals surface area (Å²) < 4.78 is 0. The largest absolute Gasteiger partial charge is 0.481 e. The molecular formula is C23H26O5. The minimum atomic E-state index is -1.23. The van der Waals surface area contributed by atoms with E-state index in [0.717, 1.165) is 24.0 Å². The van der Waals surface area contributed by atoms with Gasteiger partial charge in [0.2, 0.25) is 0 Å². The Kier molecular flexibility index (Phi) is 3.43. The second kappa shape index (κ2) is 5.32. The number of carboxylic acids is 1. The van der Waals surface area contributed by atoms with Crippen LogP contribution in [0.2, 0.25) is 0 Å². The number of aliphatic hydroxyl groups excluding tert-OH is 1. The highest BCUT2D eigenvalue weighted by atomic mass is 16.4. The Morgan fingerprint density at radius 1 is 1.11 bits per heavy atom. The summed E-state index contributed by atoms with van der Waals surface area (Å²) in [7, 11) is 0. The van der Waals surface area contributed by atoms with Gasteiger partial charge in [-0.15, -0.1) is 0 Å². The van der Waals surface area contributed by atoms with E-state index in [0.29, 0.717) is 43.3 Å². The highest BCUT2D eigenvalue weighted by molar-refractivity contribution is 5.96. The van der Waals surface area contributed by atoms with Crippen LogP contribution in [-0.2, 0) is 14.4 Å². The normalized spacial score (nSPS) is 44.4. The molecule has 0 aromatic carbocycles. The molecule has 1 spiro atoms. The van der Waals surface area contributed by atoms with E-state index in [9.17, 15) is 24.6 Å². The van der Waals surface area contributed by atoms with Crippen LogP contribution in [0.3, 0.4) is 0 Å². The van der Waals surface area contributed by atoms with Crippen LogP contribution in [0.5, 0.6) is 0 Å². The Morgan fingerprint density at radius 2 is 1.86 bits per heavy atom. The molecule has 0 bridgehead atoms. The number of hydrogen-bond acceptors (Lipinski definition) is 4. The first-order valence-electron chi connectivity index (χ1n) is 10.3. The fourth-order valence-corrected chi connectivity index (χ4v) is 7.12. The quantitative estimate of drug-likeness (QED) is 0.727. The third-order valence-electron chi connectivity index (χ3n) is 8.69. The minimum absolute atomic E-state index is 0.0504. The molecule has 0 aromatic rings. The van der Waals surface area contributed by atoms with Crippen molar-refractivity contribution in [3.63, 3.8) is 0 Å². The summed E-state index contributed by atoms with van der Waals surface area (Å²) in [4.78, 5) is 37.5. The van der Waals surface area contributed by atoms with Crippen molar-refractivity contribution in [1.82, 2.24) is 0 Å². The van der Waals surface area contributed by atoms with Crippen LogP contribution >= 0.6 is 0 Å². The standard InChI is InChI=1S/C23H26O5/c1-21-7-4-14-17-13(5-10-23(14,21)16(25)6-8-21)22(2)9-3-12(24)11-15(22)19(26)18(17)20(27)28/h4,11,18-19,26H,3,5-10H2,1-2H3,(H,27,28)/t18-,19-,21-,22?,23?/m0/s1. The van der Waals surface area contributed by atoms with E-state index >= 15 is 0 Å². The van der Waals surface area contributed by atoms with E-state index < -0.39 is 28.8 Å². The molecule has 5 aliphatic carbocycles. The molecule has 1 fully saturated rings. The molecule has 5 nitrogen and oxygen atoms in total. The van der Waals surface area contributed by atoms with Crippen LogP contribution in [0.1, 0.15) is 58.8 Å². The zero-order chi connectivity index (χ0) is 20.1. The zero-order valence-corrected chi connectivity index (χ0v) is 16.4. The molecule has 0 radical (unpaired) electrons. The third kappa shape index (κ3) is 1.84. The van der Waals surface area contributed by atoms with E-state index in [-0.39, 0.29) is 17.0 Å². The monoisotopic (exact) mass is 382 g/mol. The van der Waals surface area contributed by atoms with Crippen molar-refractivity contribution in [1.29, 1.82) is 0 Å². The zero-order valence-electron chi connectivity index (χ0n) is 16.4. The molecule has 2 N–H and O–H groups in total. The van der Waals surface area contributed by atoms with Crippen molar-refractivity contribution in [2.75, 3.05) is 0 Å². The van der Waals surface area contributed by atoms with Crippen molar-refractivity contribution in [3.05, 3.63) is 34.4 Å². The first-order valence-corrected chi connectivity index (χ1v) is 10.3. The number of fused-ring (bicyclic) bond motifs is 3. The molecule has 0 aromatic heterocycles. The minimum Gasteiger partial charge on any atom is -0.481 e. The van der Waals surface area contributed by atoms with Gasteiger partial charge < -0.3 is 10.2 Å². The predicted molar refractivity (Wildman–Crippen MR) is 101 cm³/mol. The Labute approximate surface area is 164 Å². The van der Waals surface area contributed by atoms with Crippen molar-refractivity contribution in [3.8, 4) is 0 Å². The molecule has 0 aliphatic heterocycles. The highest BCUT2D eigenvalue weighted by Gasteiger charge is 2.66. The van der Waals surface area contributed by atoms with Crippen molar-refractivity contribution in [2.45, 2.75) is 64.9 Å². The average molecular weight is 382 g/mol. The lowest BCUT2D eigenvalue weighted by Crippen LogP contribution is -2.51. The maximum atomic E-state index is 13.1. The summed E-state index contributed by atoms with van der Waals surface area (Å²) in [6.45, 7) is 4.19. The van der Waals surface area contributed by atoms with Crippen LogP contribution in [0, 0.1) is 22.2 Å². The number of ketones is 2. The average Bonchev–Trinajstić information content (AvgIpc) is 3.07. The maximum Gasteiger partial charge on any atom is 0.313 e. The SMILES string of the molecule is CC12CCC(=O)C=C1[C@H](O)[C@@H](C(=O)O)C1=C2CCC23C(=O)CC[C@]2(C)CC=C13. The van der Waals surface area contributed by atoms with Gasteiger partial charge in [0.25, 0.3) is 0 Å². The number of rotatable bonds is 1. The first-order chi connectivity index (χ1) is 13.2. The summed E-state index contributed by atoms with van der Waals surface area (Å²) in [6, 6.07) is 0. The molecule has 28 heavy (non-hydrogen) atoms. The Bertz CT molecular complexity index is 937. The van der Waals surface area contributed by atoms with Gasteiger partial charge in [-0.3, -0.25) is 14.4 Å². The van der Waals surface area contributed by atoms with Crippen LogP contribution in [0.25, 0.3) is 0 Å². The van der Waals surface area contributed by atoms with E-state index in [1.807, 2.05) is 6.92 Å². The van der Waals surface area contributed by atoms with Crippen molar-refractivity contribution >= 4 is 17.5 Å². The second-order valence-corrected chi connectivity index (χ2v) is 9.76. The Morgan fingerprint density at radius 3 is 2.57 bits per heavy atom. The van der Waals surface area contributed by atoms with Crippen LogP contribution < -0.4 is 0 Å². The molecule has 148 valence electrons. The third-order valence-corrected chi connectivity index (χ3v) is 8.69. The lowest BCUT2D eigenvalue weighted by molar-refractivity contribution is -0.144. The van der Waals surface area contributed by atoms with Gasteiger partial charge in [-0.25, -0.2) is 0 Å². The number of Topliss-reactive ketones (excluding diaryl/α,β-unsaturated/α-hetero) is 1. The Balaban J connectivity index is 1.78. The van der Waals surface area contributed by atoms with Gasteiger partial charge in [0.1, 0.15) is 11.7 Å². The lowest BCUT2D eigenvalue weighted by atomic mass is 9.50. The van der Waals surface area contributed by atoms with Crippen molar-refractivity contribution < 1.29 is 24.6 Å². The van der Waals surface area contributed by atoms with Crippen LogP contribution in [0.15, 0.2) is 34.4 Å². The molecule has 0 heterocycles. The van der Waals surface area contributed by atoms with Crippen LogP contribution in [-0.4, -0.2) is 33.9 Å². The fourth-order valence-electron chi connectivity index (χ4n) is 7.12. The molecular weight excluding hydrogens is 356 g/mol. The summed E-state index contributed by atoms with van der Waals surface area (Å²) in [5, 5.41) is 21.2. The van der Waals surface area contributed by atoms with Gasteiger partial charge in [-0.05, 0) is 60.3 Å². The summed E-state index contributed by atoms with van der Waals surface area (Å²) in [5.41, 5.74) is 1.90. The van der Waals surface area contributed by atoms with Gasteiger partial charge in [-0.2, -0.15) is 0 Å². The number of carboxylic acid groups (broad SMARTS) is 1. The lowest BCUT2D eigenvalue weighted by Gasteiger charge is -2.53. The summed E-state index contributed by atoms with van der Waals surface area (Å²) >= 11 is 0. The first kappa shape index (κ1) is 18.0. The molecule has 5 rings (SSSR count). The van der Waals surface area contributed by atoms with E-state index in [1.54, 1.807) is 0 Å². The molecule has 5 aliphatic rings. The molecule has 5 atom stereocenters. The summed E-state index contributed by atoms with van der Waals surface area (Å²) in [6.07, 6.45) is 6.87. The predicted octanol–water partition coefficient (Wildman–Crippen LogP) is 3.13. The van der Waals surface area contributed by atoms with Crippen LogP contribution in [0.4, 0.5) is 0 Å². The van der Waals surface area contributed by atoms with Crippen molar-refractivity contribution in [2.24, 2.45) is 22.2 Å². The number of aliphatic hydroxyl groups is 1. The molecule has 0 saturated heterocycles. The number of aliphatic carboxylic acids is 1. The molecule has 2 unspecified atom stereocenters. The number of allylic oxidation sites excluding steroid dienone is 4. The topological polar surface area (TPSA) is 91.7 Å². The van der Waals surface area contributed by atoms with Gasteiger partial charge in [0.15, 0.2) is 5.78 Å². The smallest absolute Gasteiger partial charge is 0.313 e. The van der Waals surface area contributed by atoms with Gasteiger partial charge in [-0.1, -0.05) is 25.5 Å². The van der Waals surface area contributed by atoms with E-state index in [2.05, 4.69) is 13.0 Å². The molecule has 5 heteroatoms. The Hall–Kier alpha value is -2.01. The molecule has 0 amide bonds. The van der Waals surface area contributed by atoms with Gasteiger partial charge >= 0.3 is 5.97 Å².